The van der Waals surface area contributed by atoms with Gasteiger partial charge in [-0.1, -0.05) is 153 Å². The van der Waals surface area contributed by atoms with Crippen LogP contribution in [0.3, 0.4) is 0 Å². The third-order valence-electron chi connectivity index (χ3n) is 8.22. The predicted molar refractivity (Wildman–Crippen MR) is 195 cm³/mol. The van der Waals surface area contributed by atoms with Gasteiger partial charge in [0, 0.05) is 10.8 Å². The minimum atomic E-state index is -4.20. The van der Waals surface area contributed by atoms with Crippen LogP contribution in [0.25, 0.3) is 0 Å². The van der Waals surface area contributed by atoms with Crippen molar-refractivity contribution in [3.63, 3.8) is 0 Å². The van der Waals surface area contributed by atoms with Crippen molar-refractivity contribution >= 4 is 20.2 Å². The van der Waals surface area contributed by atoms with Crippen LogP contribution in [0, 0.1) is 47.5 Å². The van der Waals surface area contributed by atoms with Gasteiger partial charge in [-0.15, -0.1) is 0 Å². The van der Waals surface area contributed by atoms with E-state index < -0.39 is 20.2 Å². The molecule has 0 bridgehead atoms. The first kappa shape index (κ1) is 59.0. The van der Waals surface area contributed by atoms with Gasteiger partial charge >= 0.3 is 34.1 Å². The SMILES string of the molecule is C1CCCC1.CCCCCC1CCCC1.O=S(=O)([O-])/C=C/C=C/C1CCCC1.O=S(=O)([O-])/C=C/C=C/C1CCCC1.[CH3-].[CH3-].[CH3-].[CH3-].[Fe+2].[Fe+2]. The van der Waals surface area contributed by atoms with Gasteiger partial charge in [-0.25, -0.2) is 16.8 Å². The molecule has 4 fully saturated rings. The van der Waals surface area contributed by atoms with Crippen LogP contribution < -0.4 is 0 Å². The molecular weight excluding hydrogens is 716 g/mol. The average molecular weight is 785 g/mol. The smallest absolute Gasteiger partial charge is 0.744 e. The second kappa shape index (κ2) is 37.1. The van der Waals surface area contributed by atoms with E-state index in [1.165, 1.54) is 147 Å². The van der Waals surface area contributed by atoms with Gasteiger partial charge in [-0.05, 0) is 43.4 Å². The van der Waals surface area contributed by atoms with Gasteiger partial charge < -0.3 is 38.8 Å². The van der Waals surface area contributed by atoms with E-state index in [1.807, 2.05) is 12.2 Å². The number of rotatable bonds is 10. The van der Waals surface area contributed by atoms with Crippen LogP contribution >= 0.6 is 0 Å². The van der Waals surface area contributed by atoms with E-state index in [1.54, 1.807) is 12.2 Å². The molecule has 0 radical (unpaired) electrons. The molecule has 282 valence electrons. The van der Waals surface area contributed by atoms with E-state index in [4.69, 9.17) is 0 Å². The third kappa shape index (κ3) is 40.1. The van der Waals surface area contributed by atoms with E-state index in [2.05, 4.69) is 6.92 Å². The summed E-state index contributed by atoms with van der Waals surface area (Å²) in [7, 11) is -8.40. The molecule has 0 aromatic rings. The van der Waals surface area contributed by atoms with Crippen molar-refractivity contribution in [3.8, 4) is 0 Å². The summed E-state index contributed by atoms with van der Waals surface area (Å²) in [5.74, 6) is 2.25. The van der Waals surface area contributed by atoms with Crippen LogP contribution in [0.15, 0.2) is 47.3 Å². The fourth-order valence-electron chi connectivity index (χ4n) is 5.89. The summed E-state index contributed by atoms with van der Waals surface area (Å²) in [6.07, 6.45) is 38.9. The molecular formula is C37H68Fe2O6S2-2. The molecule has 0 N–H and O–H groups in total. The van der Waals surface area contributed by atoms with Gasteiger partial charge in [-0.3, -0.25) is 0 Å². The van der Waals surface area contributed by atoms with Crippen LogP contribution in [0.4, 0.5) is 0 Å². The van der Waals surface area contributed by atoms with Crippen molar-refractivity contribution in [2.75, 3.05) is 0 Å². The molecule has 0 saturated heterocycles. The Labute approximate surface area is 315 Å². The van der Waals surface area contributed by atoms with Gasteiger partial charge in [0.2, 0.25) is 0 Å². The zero-order valence-electron chi connectivity index (χ0n) is 30.2. The Morgan fingerprint density at radius 1 is 0.511 bits per heavy atom. The zero-order chi connectivity index (χ0) is 30.2. The minimum absolute atomic E-state index is 0. The van der Waals surface area contributed by atoms with Gasteiger partial charge in [0.25, 0.3) is 0 Å². The monoisotopic (exact) mass is 784 g/mol. The van der Waals surface area contributed by atoms with Crippen LogP contribution in [0.5, 0.6) is 0 Å². The summed E-state index contributed by atoms with van der Waals surface area (Å²) < 4.78 is 60.9. The molecule has 4 rings (SSSR count). The molecule has 0 atom stereocenters. The molecule has 0 aliphatic heterocycles. The van der Waals surface area contributed by atoms with E-state index in [9.17, 15) is 25.9 Å². The summed E-state index contributed by atoms with van der Waals surface area (Å²) in [5, 5.41) is 1.36. The molecule has 0 unspecified atom stereocenters. The summed E-state index contributed by atoms with van der Waals surface area (Å²) in [6.45, 7) is 2.29. The molecule has 6 nitrogen and oxygen atoms in total. The van der Waals surface area contributed by atoms with Gasteiger partial charge in [0.05, 0.1) is 0 Å². The van der Waals surface area contributed by atoms with Crippen molar-refractivity contribution in [1.82, 2.24) is 0 Å². The molecule has 4 aliphatic carbocycles. The van der Waals surface area contributed by atoms with E-state index in [0.29, 0.717) is 22.7 Å². The van der Waals surface area contributed by atoms with Crippen molar-refractivity contribution in [1.29, 1.82) is 0 Å². The Morgan fingerprint density at radius 3 is 1.13 bits per heavy atom. The number of allylic oxidation sites excluding steroid dienone is 6. The standard InChI is InChI=1S/C10H20.2C9H14O3S.C5H10.4CH3.2Fe/c1-2-3-4-7-10-8-5-6-9-10;2*10-13(11,12)8-4-3-7-9-5-1-2-6-9;1-2-4-5-3-1;;;;;;/h10H,2-9H2,1H3;2*3-4,7-9H,1-2,5-6H2,(H,10,11,12);1-5H2;4*1H3;;/q;;;;4*-1;2*+2/p-2/b;2*7-3+,8-4+;;;;;;;. The van der Waals surface area contributed by atoms with Crippen LogP contribution in [0.2, 0.25) is 0 Å². The summed E-state index contributed by atoms with van der Waals surface area (Å²) in [6, 6.07) is 0. The topological polar surface area (TPSA) is 114 Å². The maximum Gasteiger partial charge on any atom is 2.00 e. The third-order valence-corrected chi connectivity index (χ3v) is 9.20. The number of unbranched alkanes of at least 4 members (excludes halogenated alkanes) is 2. The van der Waals surface area contributed by atoms with E-state index >= 15 is 0 Å². The Balaban J connectivity index is -0.000000118. The van der Waals surface area contributed by atoms with Crippen molar-refractivity contribution in [3.05, 3.63) is 77.0 Å². The fourth-order valence-corrected chi connectivity index (χ4v) is 6.46. The van der Waals surface area contributed by atoms with Crippen molar-refractivity contribution in [2.45, 2.75) is 142 Å². The van der Waals surface area contributed by atoms with E-state index in [0.717, 1.165) is 5.92 Å². The molecule has 0 aromatic heterocycles. The molecule has 4 saturated carbocycles. The zero-order valence-corrected chi connectivity index (χ0v) is 34.0. The maximum atomic E-state index is 10.2. The second-order valence-corrected chi connectivity index (χ2v) is 14.4. The molecule has 0 amide bonds. The molecule has 10 heteroatoms. The Bertz CT molecular complexity index is 899. The molecule has 4 aliphatic rings. The van der Waals surface area contributed by atoms with Crippen LogP contribution in [0.1, 0.15) is 142 Å². The summed E-state index contributed by atoms with van der Waals surface area (Å²) >= 11 is 0. The number of hydrogen-bond donors (Lipinski definition) is 0. The first-order chi connectivity index (χ1) is 19.6. The van der Waals surface area contributed by atoms with E-state index in [-0.39, 0.29) is 63.8 Å². The van der Waals surface area contributed by atoms with Crippen molar-refractivity contribution in [2.24, 2.45) is 17.8 Å². The predicted octanol–water partition coefficient (Wildman–Crippen LogP) is 11.1. The van der Waals surface area contributed by atoms with Crippen LogP contribution in [-0.2, 0) is 54.4 Å². The largest absolute Gasteiger partial charge is 2.00 e. The Morgan fingerprint density at radius 2 is 0.830 bits per heavy atom. The van der Waals surface area contributed by atoms with Gasteiger partial charge in [-0.2, -0.15) is 0 Å². The van der Waals surface area contributed by atoms with Gasteiger partial charge in [0.1, 0.15) is 20.2 Å². The van der Waals surface area contributed by atoms with Gasteiger partial charge in [0.15, 0.2) is 0 Å². The molecule has 47 heavy (non-hydrogen) atoms. The van der Waals surface area contributed by atoms with Crippen LogP contribution in [-0.4, -0.2) is 25.9 Å². The summed E-state index contributed by atoms with van der Waals surface area (Å²) in [5.41, 5.74) is 0. The quantitative estimate of drug-likeness (QED) is 0.0716. The Hall–Kier alpha value is -0.181. The maximum absolute atomic E-state index is 10.2. The molecule has 0 heterocycles. The Kier molecular flexibility index (Phi) is 46.5. The van der Waals surface area contributed by atoms with Crippen molar-refractivity contribution < 1.29 is 60.1 Å². The summed E-state index contributed by atoms with van der Waals surface area (Å²) in [4.78, 5) is 0. The average Bonchev–Trinajstić information content (AvgIpc) is 3.74. The number of hydrogen-bond acceptors (Lipinski definition) is 6. The normalized spacial score (nSPS) is 18.3. The first-order valence-electron chi connectivity index (χ1n) is 16.2. The first-order valence-corrected chi connectivity index (χ1v) is 19.1. The molecule has 0 aromatic carbocycles. The molecule has 0 spiro atoms. The fraction of sp³-hybridized carbons (Fsp3) is 0.676. The second-order valence-electron chi connectivity index (χ2n) is 11.9. The minimum Gasteiger partial charge on any atom is -0.744 e.